The molecule has 1 fully saturated rings. The molecule has 0 nitrogen and oxygen atoms in total. The van der Waals surface area contributed by atoms with E-state index in [1.165, 1.54) is 59.6 Å². The molecule has 0 amide bonds. The molecule has 44 heavy (non-hydrogen) atoms. The van der Waals surface area contributed by atoms with Gasteiger partial charge >= 0.3 is 272 Å². The number of hydrogen-bond donors (Lipinski definition) is 0. The maximum absolute atomic E-state index is 3.23. The first-order valence-corrected chi connectivity index (χ1v) is 26.8. The first kappa shape index (κ1) is 28.2. The number of allylic oxidation sites excluding steroid dienone is 2. The molecule has 224 valence electrons. The van der Waals surface area contributed by atoms with Gasteiger partial charge in [-0.05, 0) is 0 Å². The molecule has 5 aliphatic rings. The van der Waals surface area contributed by atoms with Gasteiger partial charge in [-0.3, -0.25) is 0 Å². The molecule has 0 aromatic heterocycles. The summed E-state index contributed by atoms with van der Waals surface area (Å²) in [5.74, 6) is 0. The second-order valence-electron chi connectivity index (χ2n) is 15.7. The van der Waals surface area contributed by atoms with Gasteiger partial charge in [-0.15, -0.1) is 0 Å². The van der Waals surface area contributed by atoms with Gasteiger partial charge < -0.3 is 0 Å². The van der Waals surface area contributed by atoms with Gasteiger partial charge in [0.15, 0.2) is 0 Å². The predicted octanol–water partition coefficient (Wildman–Crippen LogP) is 11.5. The zero-order valence-electron chi connectivity index (χ0n) is 27.8. The van der Waals surface area contributed by atoms with Crippen LogP contribution in [-0.2, 0) is 51.4 Å². The van der Waals surface area contributed by atoms with Crippen molar-refractivity contribution in [2.45, 2.75) is 106 Å². The van der Waals surface area contributed by atoms with Crippen molar-refractivity contribution in [3.05, 3.63) is 104 Å². The van der Waals surface area contributed by atoms with E-state index in [0.717, 1.165) is 0 Å². The maximum atomic E-state index is 2.89. The Hall–Kier alpha value is -2.02. The number of fused-ring (bicyclic) bond motifs is 6. The van der Waals surface area contributed by atoms with Gasteiger partial charge in [-0.25, -0.2) is 0 Å². The Morgan fingerprint density at radius 3 is 1.50 bits per heavy atom. The molecule has 1 saturated heterocycles. The Labute approximate surface area is 270 Å². The summed E-state index contributed by atoms with van der Waals surface area (Å²) in [4.78, 5) is 0. The standard InChI is InChI=1S/C34H30Si.2C4H9.Zr/c1-19-15-27-25-9-5-7-21-11-13-23(31(21)25)17-29(27)33(19)35(3,4)34-20(2)16-28-26-10-6-8-22-12-14-24(32(22)26)18-30(28)34;2*1-3-4-2;/h5-10,15-18H,11-14H2,1-4H3;2*1,3-4H2,2H3;. The van der Waals surface area contributed by atoms with E-state index in [1.807, 2.05) is 11.1 Å². The minimum absolute atomic E-state index is 0.374. The summed E-state index contributed by atoms with van der Waals surface area (Å²) in [5.41, 5.74) is 17.0. The van der Waals surface area contributed by atoms with Crippen LogP contribution in [0.1, 0.15) is 97.9 Å². The van der Waals surface area contributed by atoms with Crippen molar-refractivity contribution >= 4 is 41.8 Å². The van der Waals surface area contributed by atoms with Gasteiger partial charge in [0.25, 0.3) is 0 Å². The van der Waals surface area contributed by atoms with Crippen LogP contribution < -0.4 is 0 Å². The third-order valence-electron chi connectivity index (χ3n) is 14.0. The fraction of sp³-hybridized carbons (Fsp3) is 0.429. The van der Waals surface area contributed by atoms with Gasteiger partial charge in [0.1, 0.15) is 0 Å². The molecule has 2 spiro atoms. The third kappa shape index (κ3) is 2.85. The van der Waals surface area contributed by atoms with E-state index in [0.29, 0.717) is 5.49 Å². The molecule has 0 saturated carbocycles. The van der Waals surface area contributed by atoms with Crippen molar-refractivity contribution in [1.82, 2.24) is 0 Å². The Balaban J connectivity index is 1.40. The van der Waals surface area contributed by atoms with E-state index in [-0.39, 0.29) is 0 Å². The van der Waals surface area contributed by atoms with Crippen LogP contribution in [0, 0.1) is 0 Å². The summed E-state index contributed by atoms with van der Waals surface area (Å²) < 4.78 is 3.83. The van der Waals surface area contributed by atoms with E-state index in [9.17, 15) is 0 Å². The Morgan fingerprint density at radius 2 is 1.07 bits per heavy atom. The van der Waals surface area contributed by atoms with E-state index in [1.54, 1.807) is 66.1 Å². The Morgan fingerprint density at radius 1 is 0.636 bits per heavy atom. The van der Waals surface area contributed by atoms with Crippen molar-refractivity contribution in [2.75, 3.05) is 0 Å². The van der Waals surface area contributed by atoms with Gasteiger partial charge in [0.2, 0.25) is 0 Å². The Kier molecular flexibility index (Phi) is 5.96. The van der Waals surface area contributed by atoms with Crippen molar-refractivity contribution in [2.24, 2.45) is 0 Å². The molecule has 0 N–H and O–H groups in total. The SMILES string of the molecule is CCC[CH2][Zr]1([CH2]CCC)[C]2(C(C)=Cc3c2cc2c4c(cccc34)CC2)[Si](C)(C)[C]12C(C)=Cc1c2cc2c3c(cccc13)CC2. The van der Waals surface area contributed by atoms with Crippen LogP contribution in [0.25, 0.3) is 33.7 Å². The molecule has 1 aliphatic heterocycles. The number of benzene rings is 4. The van der Waals surface area contributed by atoms with E-state index >= 15 is 0 Å². The second kappa shape index (κ2) is 9.29. The summed E-state index contributed by atoms with van der Waals surface area (Å²) in [6.45, 7) is 15.9. The summed E-state index contributed by atoms with van der Waals surface area (Å²) in [5, 5.41) is 6.37. The molecule has 0 radical (unpaired) electrons. The number of hydrogen-bond acceptors (Lipinski definition) is 0. The second-order valence-corrected chi connectivity index (χ2v) is 34.4. The quantitative estimate of drug-likeness (QED) is 0.179. The van der Waals surface area contributed by atoms with Crippen LogP contribution in [0.15, 0.2) is 59.7 Å². The van der Waals surface area contributed by atoms with Crippen LogP contribution in [0.5, 0.6) is 0 Å². The summed E-state index contributed by atoms with van der Waals surface area (Å²) in [6, 6.07) is 20.1. The first-order chi connectivity index (χ1) is 21.3. The molecular formula is C42H48SiZr. The van der Waals surface area contributed by atoms with Crippen molar-refractivity contribution in [1.29, 1.82) is 0 Å². The normalized spacial score (nSPS) is 26.0. The van der Waals surface area contributed by atoms with Crippen LogP contribution in [0.2, 0.25) is 21.4 Å². The van der Waals surface area contributed by atoms with Crippen LogP contribution >= 0.6 is 0 Å². The van der Waals surface area contributed by atoms with E-state index in [2.05, 4.69) is 101 Å². The molecule has 2 heteroatoms. The van der Waals surface area contributed by atoms with Crippen LogP contribution in [0.4, 0.5) is 0 Å². The summed E-state index contributed by atoms with van der Waals surface area (Å²) in [6.07, 6.45) is 15.9. The third-order valence-corrected chi connectivity index (χ3v) is 50.2. The summed E-state index contributed by atoms with van der Waals surface area (Å²) in [7, 11) is -2.00. The number of rotatable bonds is 6. The Bertz CT molecular complexity index is 1860. The molecule has 4 aromatic carbocycles. The van der Waals surface area contributed by atoms with Gasteiger partial charge in [0, 0.05) is 0 Å². The number of aryl methyl sites for hydroxylation is 4. The monoisotopic (exact) mass is 670 g/mol. The fourth-order valence-electron chi connectivity index (χ4n) is 13.2. The average molecular weight is 672 g/mol. The molecule has 4 aliphatic carbocycles. The van der Waals surface area contributed by atoms with Gasteiger partial charge in [0.05, 0.1) is 0 Å². The zero-order chi connectivity index (χ0) is 30.2. The topological polar surface area (TPSA) is 0 Å². The average Bonchev–Trinajstić information content (AvgIpc) is 3.78. The van der Waals surface area contributed by atoms with Crippen LogP contribution in [-0.4, -0.2) is 8.07 Å². The molecule has 4 aromatic rings. The van der Waals surface area contributed by atoms with Crippen molar-refractivity contribution < 1.29 is 20.3 Å². The minimum atomic E-state index is -3.23. The van der Waals surface area contributed by atoms with Crippen LogP contribution in [0.3, 0.4) is 0 Å². The van der Waals surface area contributed by atoms with Gasteiger partial charge in [-0.1, -0.05) is 0 Å². The summed E-state index contributed by atoms with van der Waals surface area (Å²) >= 11 is -3.23. The predicted molar refractivity (Wildman–Crippen MR) is 190 cm³/mol. The molecule has 0 bridgehead atoms. The molecular weight excluding hydrogens is 624 g/mol. The number of unbranched alkanes of at least 4 members (excludes halogenated alkanes) is 2. The van der Waals surface area contributed by atoms with E-state index < -0.39 is 28.3 Å². The molecule has 1 heterocycles. The zero-order valence-corrected chi connectivity index (χ0v) is 31.3. The molecule has 2 unspecified atom stereocenters. The molecule has 2 atom stereocenters. The molecule has 9 rings (SSSR count). The van der Waals surface area contributed by atoms with Gasteiger partial charge in [-0.2, -0.15) is 0 Å². The van der Waals surface area contributed by atoms with Crippen molar-refractivity contribution in [3.63, 3.8) is 0 Å². The first-order valence-electron chi connectivity index (χ1n) is 17.8. The van der Waals surface area contributed by atoms with Crippen molar-refractivity contribution in [3.8, 4) is 0 Å². The van der Waals surface area contributed by atoms with E-state index in [4.69, 9.17) is 0 Å². The fourth-order valence-corrected chi connectivity index (χ4v) is 61.7.